The maximum atomic E-state index is 6.30. The van der Waals surface area contributed by atoms with Crippen LogP contribution < -0.4 is 0 Å². The Morgan fingerprint density at radius 3 is 1.88 bits per heavy atom. The van der Waals surface area contributed by atoms with Crippen molar-refractivity contribution in [1.29, 1.82) is 0 Å². The molecule has 0 spiro atoms. The molecule has 3 aromatic heterocycles. The molecule has 0 unspecified atom stereocenters. The van der Waals surface area contributed by atoms with Crippen molar-refractivity contribution in [3.05, 3.63) is 170 Å². The van der Waals surface area contributed by atoms with Gasteiger partial charge in [-0.15, -0.1) is 0 Å². The lowest BCUT2D eigenvalue weighted by Gasteiger charge is -2.13. The van der Waals surface area contributed by atoms with Crippen LogP contribution in [0.1, 0.15) is 0 Å². The molecular formula is C47H28N4O. The Labute approximate surface area is 298 Å². The van der Waals surface area contributed by atoms with Crippen molar-refractivity contribution in [2.75, 3.05) is 0 Å². The number of hydrogen-bond acceptors (Lipinski definition) is 4. The fourth-order valence-corrected chi connectivity index (χ4v) is 7.91. The summed E-state index contributed by atoms with van der Waals surface area (Å²) in [6.07, 6.45) is 0. The Hall–Kier alpha value is -7.11. The number of hydrogen-bond donors (Lipinski definition) is 0. The molecule has 242 valence electrons. The molecule has 0 aliphatic rings. The van der Waals surface area contributed by atoms with E-state index in [1.807, 2.05) is 30.3 Å². The van der Waals surface area contributed by atoms with E-state index in [2.05, 4.69) is 144 Å². The predicted molar refractivity (Wildman–Crippen MR) is 213 cm³/mol. The minimum atomic E-state index is 0.598. The molecule has 8 aromatic carbocycles. The topological polar surface area (TPSA) is 56.7 Å². The van der Waals surface area contributed by atoms with Gasteiger partial charge in [0.05, 0.1) is 11.0 Å². The smallest absolute Gasteiger partial charge is 0.164 e. The van der Waals surface area contributed by atoms with E-state index in [0.717, 1.165) is 76.9 Å². The first-order valence-electron chi connectivity index (χ1n) is 17.5. The van der Waals surface area contributed by atoms with Gasteiger partial charge in [0.1, 0.15) is 11.2 Å². The lowest BCUT2D eigenvalue weighted by atomic mass is 9.96. The third-order valence-corrected chi connectivity index (χ3v) is 10.2. The van der Waals surface area contributed by atoms with Crippen molar-refractivity contribution >= 4 is 65.3 Å². The zero-order valence-electron chi connectivity index (χ0n) is 27.9. The van der Waals surface area contributed by atoms with Crippen molar-refractivity contribution in [1.82, 2.24) is 19.5 Å². The lowest BCUT2D eigenvalue weighted by Crippen LogP contribution is -2.01. The molecule has 3 heterocycles. The molecule has 5 nitrogen and oxygen atoms in total. The van der Waals surface area contributed by atoms with E-state index in [1.165, 1.54) is 10.8 Å². The summed E-state index contributed by atoms with van der Waals surface area (Å²) in [4.78, 5) is 15.8. The van der Waals surface area contributed by atoms with Crippen LogP contribution in [-0.4, -0.2) is 19.5 Å². The molecule has 0 bridgehead atoms. The monoisotopic (exact) mass is 664 g/mol. The average Bonchev–Trinajstić information content (AvgIpc) is 3.76. The Morgan fingerprint density at radius 1 is 0.385 bits per heavy atom. The number of para-hydroxylation sites is 3. The molecule has 0 saturated heterocycles. The Bertz CT molecular complexity index is 3190. The molecule has 0 atom stereocenters. The molecule has 0 N–H and O–H groups in total. The van der Waals surface area contributed by atoms with E-state index in [1.54, 1.807) is 0 Å². The van der Waals surface area contributed by atoms with Crippen molar-refractivity contribution in [2.45, 2.75) is 0 Å². The van der Waals surface area contributed by atoms with Gasteiger partial charge in [-0.3, -0.25) is 0 Å². The summed E-state index contributed by atoms with van der Waals surface area (Å²) in [7, 11) is 0. The summed E-state index contributed by atoms with van der Waals surface area (Å²) in [6.45, 7) is 0. The minimum absolute atomic E-state index is 0.598. The molecule has 5 heteroatoms. The van der Waals surface area contributed by atoms with Crippen molar-refractivity contribution in [2.24, 2.45) is 0 Å². The fourth-order valence-electron chi connectivity index (χ4n) is 7.91. The number of furan rings is 1. The van der Waals surface area contributed by atoms with E-state index in [-0.39, 0.29) is 0 Å². The molecule has 52 heavy (non-hydrogen) atoms. The van der Waals surface area contributed by atoms with E-state index in [9.17, 15) is 0 Å². The zero-order chi connectivity index (χ0) is 34.2. The molecule has 0 aliphatic carbocycles. The quantitative estimate of drug-likeness (QED) is 0.176. The van der Waals surface area contributed by atoms with Crippen LogP contribution in [0.25, 0.3) is 105 Å². The van der Waals surface area contributed by atoms with Gasteiger partial charge in [0.15, 0.2) is 17.5 Å². The van der Waals surface area contributed by atoms with Gasteiger partial charge >= 0.3 is 0 Å². The van der Waals surface area contributed by atoms with E-state index in [0.29, 0.717) is 17.5 Å². The van der Waals surface area contributed by atoms with Gasteiger partial charge in [0.25, 0.3) is 0 Å². The highest BCUT2D eigenvalue weighted by molar-refractivity contribution is 6.14. The summed E-state index contributed by atoms with van der Waals surface area (Å²) < 4.78 is 8.63. The highest BCUT2D eigenvalue weighted by atomic mass is 16.3. The molecule has 11 aromatic rings. The molecular weight excluding hydrogens is 637 g/mol. The van der Waals surface area contributed by atoms with E-state index < -0.39 is 0 Å². The van der Waals surface area contributed by atoms with Gasteiger partial charge in [0.2, 0.25) is 0 Å². The first kappa shape index (κ1) is 28.7. The largest absolute Gasteiger partial charge is 0.456 e. The average molecular weight is 665 g/mol. The number of nitrogens with zero attached hydrogens (tertiary/aromatic N) is 4. The highest BCUT2D eigenvalue weighted by Crippen LogP contribution is 2.40. The van der Waals surface area contributed by atoms with Gasteiger partial charge < -0.3 is 8.98 Å². The summed E-state index contributed by atoms with van der Waals surface area (Å²) in [5.41, 5.74) is 7.82. The molecule has 0 aliphatic heterocycles. The third kappa shape index (κ3) is 4.33. The van der Waals surface area contributed by atoms with Gasteiger partial charge in [-0.2, -0.15) is 0 Å². The van der Waals surface area contributed by atoms with Crippen LogP contribution >= 0.6 is 0 Å². The third-order valence-electron chi connectivity index (χ3n) is 10.2. The molecule has 0 radical (unpaired) electrons. The Morgan fingerprint density at radius 2 is 1.02 bits per heavy atom. The molecule has 0 fully saturated rings. The van der Waals surface area contributed by atoms with Gasteiger partial charge in [-0.05, 0) is 76.1 Å². The van der Waals surface area contributed by atoms with Crippen LogP contribution in [0.3, 0.4) is 0 Å². The van der Waals surface area contributed by atoms with E-state index >= 15 is 0 Å². The maximum Gasteiger partial charge on any atom is 0.164 e. The minimum Gasteiger partial charge on any atom is -0.456 e. The second-order valence-electron chi connectivity index (χ2n) is 13.2. The number of aromatic nitrogens is 4. The summed E-state index contributed by atoms with van der Waals surface area (Å²) in [5.74, 6) is 1.83. The van der Waals surface area contributed by atoms with Crippen LogP contribution in [0.2, 0.25) is 0 Å². The van der Waals surface area contributed by atoms with Crippen LogP contribution in [0.15, 0.2) is 174 Å². The van der Waals surface area contributed by atoms with Crippen LogP contribution in [0.5, 0.6) is 0 Å². The van der Waals surface area contributed by atoms with Crippen molar-refractivity contribution in [3.63, 3.8) is 0 Å². The molecule has 0 saturated carbocycles. The summed E-state index contributed by atoms with van der Waals surface area (Å²) in [5, 5.41) is 8.93. The standard InChI is InChI=1S/C47H28N4O/c1-2-14-31(15-3-1)51-40-22-10-8-19-35(40)38-28-30(25-26-41(38)51)45-48-46(37-21-12-24-43-44(37)36-20-9-11-23-42(36)52-43)50-47(49-45)39-27-29-13-4-5-16-32(29)33-17-6-7-18-34(33)39/h1-28H. The van der Waals surface area contributed by atoms with Crippen LogP contribution in [0.4, 0.5) is 0 Å². The van der Waals surface area contributed by atoms with Gasteiger partial charge in [-0.25, -0.2) is 15.0 Å². The normalized spacial score (nSPS) is 11.8. The maximum absolute atomic E-state index is 6.30. The van der Waals surface area contributed by atoms with Crippen LogP contribution in [0, 0.1) is 0 Å². The Kier molecular flexibility index (Phi) is 6.18. The van der Waals surface area contributed by atoms with Crippen molar-refractivity contribution in [3.8, 4) is 39.9 Å². The number of benzene rings is 8. The molecule has 0 amide bonds. The number of fused-ring (bicyclic) bond motifs is 9. The lowest BCUT2D eigenvalue weighted by molar-refractivity contribution is 0.669. The Balaban J connectivity index is 1.21. The van der Waals surface area contributed by atoms with Gasteiger partial charge in [0, 0.05) is 43.9 Å². The number of rotatable bonds is 4. The first-order valence-corrected chi connectivity index (χ1v) is 17.5. The van der Waals surface area contributed by atoms with E-state index in [4.69, 9.17) is 19.4 Å². The van der Waals surface area contributed by atoms with Gasteiger partial charge in [-0.1, -0.05) is 115 Å². The molecule has 11 rings (SSSR count). The highest BCUT2D eigenvalue weighted by Gasteiger charge is 2.20. The summed E-state index contributed by atoms with van der Waals surface area (Å²) in [6, 6.07) is 59.1. The SMILES string of the molecule is c1ccc(-n2c3ccccc3c3cc(-c4nc(-c5cc6ccccc6c6ccccc56)nc(-c5cccc6oc7ccccc7c56)n4)ccc32)cc1. The second-order valence-corrected chi connectivity index (χ2v) is 13.2. The first-order chi connectivity index (χ1) is 25.8. The fraction of sp³-hybridized carbons (Fsp3) is 0. The van der Waals surface area contributed by atoms with Crippen molar-refractivity contribution < 1.29 is 4.42 Å². The zero-order valence-corrected chi connectivity index (χ0v) is 27.9. The second kappa shape index (κ2) is 11.2. The van der Waals surface area contributed by atoms with Crippen LogP contribution in [-0.2, 0) is 0 Å². The summed E-state index contributed by atoms with van der Waals surface area (Å²) >= 11 is 0. The predicted octanol–water partition coefficient (Wildman–Crippen LogP) is 12.2.